The summed E-state index contributed by atoms with van der Waals surface area (Å²) in [6.45, 7) is 8.04. The van der Waals surface area contributed by atoms with Crippen LogP contribution in [0.4, 0.5) is 0 Å². The minimum Gasteiger partial charge on any atom is -0.481 e. The quantitative estimate of drug-likeness (QED) is 0.157. The van der Waals surface area contributed by atoms with Gasteiger partial charge in [-0.3, -0.25) is 19.2 Å². The van der Waals surface area contributed by atoms with Crippen LogP contribution < -0.4 is 5.32 Å². The van der Waals surface area contributed by atoms with Crippen molar-refractivity contribution in [2.45, 2.75) is 102 Å². The summed E-state index contributed by atoms with van der Waals surface area (Å²) < 4.78 is 5.08. The first-order chi connectivity index (χ1) is 17.8. The highest BCUT2D eigenvalue weighted by Crippen LogP contribution is 2.41. The molecule has 3 N–H and O–H groups in total. The lowest BCUT2D eigenvalue weighted by atomic mass is 9.89. The Balaban J connectivity index is 0.000000260. The number of carboxylic acids is 1. The Morgan fingerprint density at radius 3 is 2.08 bits per heavy atom. The summed E-state index contributed by atoms with van der Waals surface area (Å²) in [6, 6.07) is 0. The molecule has 3 aliphatic rings. The number of ketones is 1. The number of allylic oxidation sites excluding steroid dienone is 2. The highest BCUT2D eigenvalue weighted by molar-refractivity contribution is 5.88. The normalized spacial score (nSPS) is 27.6. The van der Waals surface area contributed by atoms with Gasteiger partial charge in [0.1, 0.15) is 11.9 Å². The van der Waals surface area contributed by atoms with Gasteiger partial charge in [-0.1, -0.05) is 31.4 Å². The van der Waals surface area contributed by atoms with Gasteiger partial charge in [0.05, 0.1) is 23.9 Å². The van der Waals surface area contributed by atoms with E-state index in [1.807, 2.05) is 12.2 Å². The third-order valence-corrected chi connectivity index (χ3v) is 7.68. The van der Waals surface area contributed by atoms with Crippen LogP contribution in [0.15, 0.2) is 25.3 Å². The van der Waals surface area contributed by atoms with Gasteiger partial charge < -0.3 is 20.3 Å². The SMILES string of the molecule is C=CCCCCCCC(=O)[C@@H]1C[C@@H](O)C[C@H]1C(=O)O.C=CCCCCCNC(=O)C1CC2CC1C(=O)O2. The predicted octanol–water partition coefficient (Wildman–Crippen LogP) is 4.35. The molecule has 1 amide bonds. The van der Waals surface area contributed by atoms with Gasteiger partial charge in [0.2, 0.25) is 5.91 Å². The summed E-state index contributed by atoms with van der Waals surface area (Å²) in [5, 5.41) is 21.5. The first-order valence-electron chi connectivity index (χ1n) is 13.9. The lowest BCUT2D eigenvalue weighted by Gasteiger charge is -2.20. The minimum atomic E-state index is -0.958. The highest BCUT2D eigenvalue weighted by atomic mass is 16.6. The van der Waals surface area contributed by atoms with Gasteiger partial charge in [-0.15, -0.1) is 13.2 Å². The van der Waals surface area contributed by atoms with Gasteiger partial charge in [-0.05, 0) is 64.2 Å². The number of fused-ring (bicyclic) bond motifs is 2. The zero-order valence-electron chi connectivity index (χ0n) is 22.1. The molecule has 8 heteroatoms. The topological polar surface area (TPSA) is 130 Å². The first-order valence-corrected chi connectivity index (χ1v) is 13.9. The second-order valence-electron chi connectivity index (χ2n) is 10.6. The number of carbonyl (C=O) groups is 4. The van der Waals surface area contributed by atoms with E-state index in [4.69, 9.17) is 9.84 Å². The summed E-state index contributed by atoms with van der Waals surface area (Å²) in [7, 11) is 0. The van der Waals surface area contributed by atoms with Crippen LogP contribution in [0.5, 0.6) is 0 Å². The Bertz CT molecular complexity index is 795. The zero-order chi connectivity index (χ0) is 27.2. The highest BCUT2D eigenvalue weighted by Gasteiger charge is 2.50. The number of rotatable bonds is 16. The summed E-state index contributed by atoms with van der Waals surface area (Å²) in [5.74, 6) is -2.61. The van der Waals surface area contributed by atoms with E-state index in [-0.39, 0.29) is 42.0 Å². The summed E-state index contributed by atoms with van der Waals surface area (Å²) >= 11 is 0. The molecule has 2 bridgehead atoms. The maximum atomic E-state index is 12.0. The third-order valence-electron chi connectivity index (χ3n) is 7.68. The second kappa shape index (κ2) is 16.4. The van der Waals surface area contributed by atoms with Crippen molar-refractivity contribution in [3.8, 4) is 0 Å². The molecule has 0 spiro atoms. The van der Waals surface area contributed by atoms with Gasteiger partial charge in [0, 0.05) is 18.9 Å². The van der Waals surface area contributed by atoms with Crippen LogP contribution in [0.25, 0.3) is 0 Å². The van der Waals surface area contributed by atoms with Crippen LogP contribution >= 0.6 is 0 Å². The summed E-state index contributed by atoms with van der Waals surface area (Å²) in [4.78, 5) is 46.4. The van der Waals surface area contributed by atoms with E-state index in [1.165, 1.54) is 0 Å². The van der Waals surface area contributed by atoms with Crippen molar-refractivity contribution in [2.24, 2.45) is 23.7 Å². The van der Waals surface area contributed by atoms with E-state index in [9.17, 15) is 24.3 Å². The first kappa shape index (κ1) is 30.7. The minimum absolute atomic E-state index is 0.00710. The Morgan fingerprint density at radius 1 is 0.865 bits per heavy atom. The van der Waals surface area contributed by atoms with Crippen molar-refractivity contribution in [2.75, 3.05) is 6.54 Å². The number of carboxylic acid groups (broad SMARTS) is 1. The largest absolute Gasteiger partial charge is 0.481 e. The molecule has 3 rings (SSSR count). The monoisotopic (exact) mass is 519 g/mol. The van der Waals surface area contributed by atoms with Gasteiger partial charge in [0.25, 0.3) is 0 Å². The van der Waals surface area contributed by atoms with Gasteiger partial charge in [-0.2, -0.15) is 0 Å². The molecule has 8 nitrogen and oxygen atoms in total. The second-order valence-corrected chi connectivity index (χ2v) is 10.6. The number of nitrogens with one attached hydrogen (secondary N) is 1. The molecule has 37 heavy (non-hydrogen) atoms. The molecule has 3 fully saturated rings. The lowest BCUT2D eigenvalue weighted by molar-refractivity contribution is -0.153. The number of ether oxygens (including phenoxy) is 1. The molecule has 3 unspecified atom stereocenters. The van der Waals surface area contributed by atoms with Crippen LogP contribution in [0.3, 0.4) is 0 Å². The predicted molar refractivity (Wildman–Crippen MR) is 141 cm³/mol. The van der Waals surface area contributed by atoms with Crippen molar-refractivity contribution in [1.82, 2.24) is 5.32 Å². The number of carbonyl (C=O) groups excluding carboxylic acids is 3. The third kappa shape index (κ3) is 10.1. The van der Waals surface area contributed by atoms with E-state index >= 15 is 0 Å². The molecule has 1 saturated heterocycles. The number of aliphatic hydroxyl groups excluding tert-OH is 1. The number of Topliss-reactive ketones (excluding diaryl/α,β-unsaturated/α-hetero) is 1. The number of esters is 1. The molecular weight excluding hydrogens is 474 g/mol. The fourth-order valence-corrected chi connectivity index (χ4v) is 5.59. The molecule has 2 aliphatic carbocycles. The average molecular weight is 520 g/mol. The van der Waals surface area contributed by atoms with E-state index in [0.717, 1.165) is 64.2 Å². The number of hydrogen-bond acceptors (Lipinski definition) is 6. The van der Waals surface area contributed by atoms with E-state index in [1.54, 1.807) is 0 Å². The van der Waals surface area contributed by atoms with Gasteiger partial charge >= 0.3 is 11.9 Å². The molecule has 0 aromatic heterocycles. The molecule has 0 aromatic rings. The van der Waals surface area contributed by atoms with Crippen molar-refractivity contribution in [3.05, 3.63) is 25.3 Å². The Hall–Kier alpha value is -2.48. The van der Waals surface area contributed by atoms with Gasteiger partial charge in [-0.25, -0.2) is 0 Å². The summed E-state index contributed by atoms with van der Waals surface area (Å²) in [5.41, 5.74) is 0. The molecular formula is C29H45NO7. The summed E-state index contributed by atoms with van der Waals surface area (Å²) in [6.07, 6.45) is 14.8. The smallest absolute Gasteiger partial charge is 0.310 e. The van der Waals surface area contributed by atoms with Crippen molar-refractivity contribution in [1.29, 1.82) is 0 Å². The molecule has 0 aromatic carbocycles. The Morgan fingerprint density at radius 2 is 1.49 bits per heavy atom. The van der Waals surface area contributed by atoms with Crippen molar-refractivity contribution in [3.63, 3.8) is 0 Å². The maximum absolute atomic E-state index is 12.0. The number of hydrogen-bond donors (Lipinski definition) is 3. The van der Waals surface area contributed by atoms with Crippen LogP contribution in [0, 0.1) is 23.7 Å². The zero-order valence-corrected chi connectivity index (χ0v) is 22.1. The fraction of sp³-hybridized carbons (Fsp3) is 0.724. The van der Waals surface area contributed by atoms with Gasteiger partial charge in [0.15, 0.2) is 0 Å². The van der Waals surface area contributed by atoms with E-state index in [2.05, 4.69) is 18.5 Å². The van der Waals surface area contributed by atoms with Crippen LogP contribution in [-0.4, -0.2) is 52.6 Å². The molecule has 6 atom stereocenters. The van der Waals surface area contributed by atoms with E-state index in [0.29, 0.717) is 25.8 Å². The number of aliphatic carboxylic acids is 1. The maximum Gasteiger partial charge on any atom is 0.310 e. The molecule has 0 radical (unpaired) electrons. The Kier molecular flexibility index (Phi) is 13.6. The van der Waals surface area contributed by atoms with Crippen LogP contribution in [0.2, 0.25) is 0 Å². The fourth-order valence-electron chi connectivity index (χ4n) is 5.59. The standard InChI is InChI=1S/C15H24O4.C14H21NO3/c1-2-3-4-5-6-7-8-14(17)12-9-11(16)10-13(12)15(18)19;1-2-3-4-5-6-7-15-13(16)11-8-10-9-12(11)14(17)18-10/h2,11-13,16H,1,3-10H2,(H,18,19);2,10-12H,1,3-9H2,(H,15,16)/t11-,12-,13-;/m1./s1. The molecule has 1 heterocycles. The molecule has 208 valence electrons. The van der Waals surface area contributed by atoms with Crippen LogP contribution in [0.1, 0.15) is 89.9 Å². The molecule has 1 aliphatic heterocycles. The lowest BCUT2D eigenvalue weighted by Crippen LogP contribution is -2.37. The number of amides is 1. The molecule has 2 saturated carbocycles. The van der Waals surface area contributed by atoms with Crippen molar-refractivity contribution < 1.29 is 34.1 Å². The van der Waals surface area contributed by atoms with Crippen LogP contribution in [-0.2, 0) is 23.9 Å². The number of unbranched alkanes of at least 4 members (excludes halogenated alkanes) is 7. The average Bonchev–Trinajstić information content (AvgIpc) is 3.57. The number of aliphatic hydroxyl groups is 1. The Labute approximate surface area is 220 Å². The van der Waals surface area contributed by atoms with Crippen molar-refractivity contribution >= 4 is 23.6 Å². The van der Waals surface area contributed by atoms with E-state index < -0.39 is 23.9 Å².